The van der Waals surface area contributed by atoms with E-state index in [-0.39, 0.29) is 5.91 Å². The van der Waals surface area contributed by atoms with Crippen LogP contribution in [0, 0.1) is 0 Å². The number of fused-ring (bicyclic) bond motifs is 1. The van der Waals surface area contributed by atoms with Crippen molar-refractivity contribution in [3.05, 3.63) is 55.9 Å². The van der Waals surface area contributed by atoms with Crippen molar-refractivity contribution in [2.24, 2.45) is 0 Å². The summed E-state index contributed by atoms with van der Waals surface area (Å²) >= 11 is 12.7. The van der Waals surface area contributed by atoms with Crippen LogP contribution in [-0.2, 0) is 11.2 Å². The SMILES string of the molecule is O=C(Nc1ccc(Br)cc1Br)C1Cc2cc(Cl)ccc2O1. The molecule has 3 nitrogen and oxygen atoms in total. The topological polar surface area (TPSA) is 38.3 Å². The van der Waals surface area contributed by atoms with E-state index in [1.54, 1.807) is 12.1 Å². The maximum absolute atomic E-state index is 12.3. The van der Waals surface area contributed by atoms with E-state index in [0.29, 0.717) is 17.1 Å². The van der Waals surface area contributed by atoms with Gasteiger partial charge in [0.05, 0.1) is 5.69 Å². The van der Waals surface area contributed by atoms with E-state index in [1.165, 1.54) is 0 Å². The Morgan fingerprint density at radius 3 is 2.81 bits per heavy atom. The normalized spacial score (nSPS) is 16.2. The quantitative estimate of drug-likeness (QED) is 0.741. The third kappa shape index (κ3) is 3.25. The molecule has 1 atom stereocenters. The molecule has 108 valence electrons. The van der Waals surface area contributed by atoms with Crippen LogP contribution in [-0.4, -0.2) is 12.0 Å². The molecule has 0 aromatic heterocycles. The standard InChI is InChI=1S/C15H10Br2ClNO2/c16-9-1-3-12(11(17)7-9)19-15(20)14-6-8-5-10(18)2-4-13(8)21-14/h1-5,7,14H,6H2,(H,19,20). The van der Waals surface area contributed by atoms with Crippen LogP contribution in [0.25, 0.3) is 0 Å². The number of ether oxygens (including phenoxy) is 1. The van der Waals surface area contributed by atoms with Gasteiger partial charge in [0.25, 0.3) is 5.91 Å². The molecule has 2 aromatic carbocycles. The summed E-state index contributed by atoms with van der Waals surface area (Å²) in [6.07, 6.45) is -0.00964. The van der Waals surface area contributed by atoms with E-state index < -0.39 is 6.10 Å². The predicted molar refractivity (Wildman–Crippen MR) is 90.0 cm³/mol. The van der Waals surface area contributed by atoms with Crippen LogP contribution < -0.4 is 10.1 Å². The summed E-state index contributed by atoms with van der Waals surface area (Å²) < 4.78 is 7.41. The highest BCUT2D eigenvalue weighted by Gasteiger charge is 2.29. The van der Waals surface area contributed by atoms with Crippen LogP contribution in [0.15, 0.2) is 45.3 Å². The summed E-state index contributed by atoms with van der Waals surface area (Å²) in [6.45, 7) is 0. The van der Waals surface area contributed by atoms with Gasteiger partial charge in [-0.2, -0.15) is 0 Å². The summed E-state index contributed by atoms with van der Waals surface area (Å²) in [7, 11) is 0. The van der Waals surface area contributed by atoms with Gasteiger partial charge < -0.3 is 10.1 Å². The Morgan fingerprint density at radius 2 is 2.05 bits per heavy atom. The number of carbonyl (C=O) groups excluding carboxylic acids is 1. The molecule has 21 heavy (non-hydrogen) atoms. The van der Waals surface area contributed by atoms with Crippen molar-refractivity contribution in [1.29, 1.82) is 0 Å². The first-order valence-electron chi connectivity index (χ1n) is 6.24. The van der Waals surface area contributed by atoms with Crippen LogP contribution >= 0.6 is 43.5 Å². The zero-order valence-electron chi connectivity index (χ0n) is 10.7. The Hall–Kier alpha value is -1.04. The first-order chi connectivity index (χ1) is 10.0. The molecule has 1 amide bonds. The fourth-order valence-corrected chi connectivity index (χ4v) is 3.51. The third-order valence-corrected chi connectivity index (χ3v) is 4.56. The number of amides is 1. The molecule has 6 heteroatoms. The van der Waals surface area contributed by atoms with Gasteiger partial charge >= 0.3 is 0 Å². The van der Waals surface area contributed by atoms with Crippen molar-refractivity contribution in [3.8, 4) is 5.75 Å². The largest absolute Gasteiger partial charge is 0.480 e. The number of hydrogen-bond acceptors (Lipinski definition) is 2. The highest BCUT2D eigenvalue weighted by molar-refractivity contribution is 9.11. The predicted octanol–water partition coefficient (Wildman–Crippen LogP) is 4.81. The van der Waals surface area contributed by atoms with E-state index >= 15 is 0 Å². The van der Waals surface area contributed by atoms with Gasteiger partial charge in [0.1, 0.15) is 5.75 Å². The van der Waals surface area contributed by atoms with Gasteiger partial charge in [0, 0.05) is 20.4 Å². The fraction of sp³-hybridized carbons (Fsp3) is 0.133. The average Bonchev–Trinajstić information content (AvgIpc) is 2.85. The second-order valence-electron chi connectivity index (χ2n) is 4.68. The molecule has 1 aliphatic heterocycles. The van der Waals surface area contributed by atoms with Crippen LogP contribution in [0.1, 0.15) is 5.56 Å². The van der Waals surface area contributed by atoms with Crippen molar-refractivity contribution in [1.82, 2.24) is 0 Å². The van der Waals surface area contributed by atoms with Crippen LogP contribution in [0.2, 0.25) is 5.02 Å². The molecule has 0 fully saturated rings. The van der Waals surface area contributed by atoms with E-state index in [0.717, 1.165) is 20.3 Å². The summed E-state index contributed by atoms with van der Waals surface area (Å²) in [5.74, 6) is 0.541. The molecule has 0 aliphatic carbocycles. The lowest BCUT2D eigenvalue weighted by Gasteiger charge is -2.12. The van der Waals surface area contributed by atoms with Gasteiger partial charge in [0.2, 0.25) is 0 Å². The number of hydrogen-bond donors (Lipinski definition) is 1. The first-order valence-corrected chi connectivity index (χ1v) is 8.20. The molecule has 3 rings (SSSR count). The summed E-state index contributed by atoms with van der Waals surface area (Å²) in [6, 6.07) is 10.9. The van der Waals surface area contributed by atoms with Gasteiger partial charge in [-0.3, -0.25) is 4.79 Å². The monoisotopic (exact) mass is 429 g/mol. The van der Waals surface area contributed by atoms with Crippen molar-refractivity contribution in [3.63, 3.8) is 0 Å². The molecule has 2 aromatic rings. The summed E-state index contributed by atoms with van der Waals surface area (Å²) in [5.41, 5.74) is 1.67. The van der Waals surface area contributed by atoms with E-state index in [2.05, 4.69) is 37.2 Å². The van der Waals surface area contributed by atoms with E-state index in [9.17, 15) is 4.79 Å². The maximum Gasteiger partial charge on any atom is 0.265 e. The van der Waals surface area contributed by atoms with E-state index in [1.807, 2.05) is 24.3 Å². The average molecular weight is 432 g/mol. The lowest BCUT2D eigenvalue weighted by Crippen LogP contribution is -2.31. The van der Waals surface area contributed by atoms with Crippen molar-refractivity contribution < 1.29 is 9.53 Å². The molecule has 0 saturated heterocycles. The Balaban J connectivity index is 1.73. The lowest BCUT2D eigenvalue weighted by atomic mass is 10.1. The molecule has 0 radical (unpaired) electrons. The van der Waals surface area contributed by atoms with Gasteiger partial charge in [-0.1, -0.05) is 27.5 Å². The van der Waals surface area contributed by atoms with Crippen LogP contribution in [0.4, 0.5) is 5.69 Å². The number of anilines is 1. The number of benzene rings is 2. The van der Waals surface area contributed by atoms with Gasteiger partial charge in [-0.05, 0) is 57.9 Å². The second kappa shape index (κ2) is 5.99. The van der Waals surface area contributed by atoms with Crippen LogP contribution in [0.3, 0.4) is 0 Å². The first kappa shape index (κ1) is 14.9. The third-order valence-electron chi connectivity index (χ3n) is 3.18. The maximum atomic E-state index is 12.3. The molecular weight excluding hydrogens is 421 g/mol. The van der Waals surface area contributed by atoms with Gasteiger partial charge in [0.15, 0.2) is 6.10 Å². The molecule has 1 N–H and O–H groups in total. The zero-order chi connectivity index (χ0) is 15.0. The van der Waals surface area contributed by atoms with Crippen LogP contribution in [0.5, 0.6) is 5.75 Å². The highest BCUT2D eigenvalue weighted by atomic mass is 79.9. The Bertz CT molecular complexity index is 721. The molecule has 0 bridgehead atoms. The number of rotatable bonds is 2. The molecule has 1 unspecified atom stereocenters. The second-order valence-corrected chi connectivity index (χ2v) is 6.88. The summed E-state index contributed by atoms with van der Waals surface area (Å²) in [4.78, 5) is 12.3. The minimum absolute atomic E-state index is 0.176. The fourth-order valence-electron chi connectivity index (χ4n) is 2.17. The Labute approximate surface area is 143 Å². The lowest BCUT2D eigenvalue weighted by molar-refractivity contribution is -0.122. The highest BCUT2D eigenvalue weighted by Crippen LogP contribution is 2.32. The van der Waals surface area contributed by atoms with Crippen molar-refractivity contribution >= 4 is 55.1 Å². The van der Waals surface area contributed by atoms with Gasteiger partial charge in [-0.15, -0.1) is 0 Å². The Morgan fingerprint density at radius 1 is 1.24 bits per heavy atom. The molecule has 0 spiro atoms. The minimum atomic E-state index is -0.533. The van der Waals surface area contributed by atoms with E-state index in [4.69, 9.17) is 16.3 Å². The van der Waals surface area contributed by atoms with Crippen molar-refractivity contribution in [2.45, 2.75) is 12.5 Å². The molecule has 0 saturated carbocycles. The molecular formula is C15H10Br2ClNO2. The Kier molecular flexibility index (Phi) is 4.24. The molecule has 1 heterocycles. The van der Waals surface area contributed by atoms with Gasteiger partial charge in [-0.25, -0.2) is 0 Å². The number of carbonyl (C=O) groups is 1. The number of nitrogens with one attached hydrogen (secondary N) is 1. The smallest absolute Gasteiger partial charge is 0.265 e. The number of halogens is 3. The summed E-state index contributed by atoms with van der Waals surface area (Å²) in [5, 5.41) is 3.51. The molecule has 1 aliphatic rings. The zero-order valence-corrected chi connectivity index (χ0v) is 14.6. The van der Waals surface area contributed by atoms with Crippen molar-refractivity contribution in [2.75, 3.05) is 5.32 Å². The minimum Gasteiger partial charge on any atom is -0.480 e.